The fourth-order valence-corrected chi connectivity index (χ4v) is 6.04. The Balaban J connectivity index is 1.39. The van der Waals surface area contributed by atoms with E-state index < -0.39 is 29.7 Å². The molecule has 244 valence electrons. The number of carbonyl (C=O) groups is 5. The van der Waals surface area contributed by atoms with Crippen LogP contribution in [0.25, 0.3) is 10.9 Å². The van der Waals surface area contributed by atoms with Gasteiger partial charge in [0.15, 0.2) is 0 Å². The Labute approximate surface area is 266 Å². The van der Waals surface area contributed by atoms with Crippen LogP contribution in [-0.4, -0.2) is 120 Å². The van der Waals surface area contributed by atoms with Crippen molar-refractivity contribution in [2.24, 2.45) is 0 Å². The van der Waals surface area contributed by atoms with Gasteiger partial charge in [-0.15, -0.1) is 0 Å². The smallest absolute Gasteiger partial charge is 0.258 e. The zero-order valence-corrected chi connectivity index (χ0v) is 26.3. The summed E-state index contributed by atoms with van der Waals surface area (Å²) in [6.45, 7) is 2.21. The molecule has 3 heterocycles. The van der Waals surface area contributed by atoms with E-state index in [2.05, 4.69) is 10.3 Å². The summed E-state index contributed by atoms with van der Waals surface area (Å²) in [5, 5.41) is 3.94. The van der Waals surface area contributed by atoms with Gasteiger partial charge < -0.3 is 34.6 Å². The molecular weight excluding hydrogens is 595 g/mol. The summed E-state index contributed by atoms with van der Waals surface area (Å²) in [5.74, 6) is -2.57. The van der Waals surface area contributed by atoms with Crippen molar-refractivity contribution < 1.29 is 33.1 Å². The van der Waals surface area contributed by atoms with Crippen molar-refractivity contribution >= 4 is 40.4 Å². The molecule has 12 nitrogen and oxygen atoms in total. The number of para-hydroxylation sites is 1. The first-order chi connectivity index (χ1) is 22.0. The highest BCUT2D eigenvalue weighted by molar-refractivity contribution is 5.99. The highest BCUT2D eigenvalue weighted by atomic mass is 19.1. The first-order valence-electron chi connectivity index (χ1n) is 15.3. The lowest BCUT2D eigenvalue weighted by Crippen LogP contribution is -2.59. The number of fused-ring (bicyclic) bond motifs is 3. The highest BCUT2D eigenvalue weighted by Gasteiger charge is 2.35. The number of hydrogen-bond donors (Lipinski definition) is 2. The molecule has 0 aliphatic carbocycles. The average molecular weight is 635 g/mol. The lowest BCUT2D eigenvalue weighted by molar-refractivity contribution is -0.146. The first kappa shape index (κ1) is 32.5. The van der Waals surface area contributed by atoms with Gasteiger partial charge in [-0.3, -0.25) is 24.0 Å². The maximum atomic E-state index is 14.5. The number of carbonyl (C=O) groups excluding carboxylic acids is 5. The summed E-state index contributed by atoms with van der Waals surface area (Å²) in [7, 11) is 2.95. The minimum Gasteiger partial charge on any atom is -0.491 e. The number of aromatic amines is 1. The molecule has 2 N–H and O–H groups in total. The van der Waals surface area contributed by atoms with Crippen molar-refractivity contribution in [1.82, 2.24) is 29.9 Å². The van der Waals surface area contributed by atoms with Crippen molar-refractivity contribution in [3.63, 3.8) is 0 Å². The second kappa shape index (κ2) is 14.0. The molecule has 46 heavy (non-hydrogen) atoms. The molecule has 3 aromatic rings. The predicted molar refractivity (Wildman–Crippen MR) is 167 cm³/mol. The van der Waals surface area contributed by atoms with E-state index in [0.717, 1.165) is 28.6 Å². The Bertz CT molecular complexity index is 1640. The SMILES string of the molecule is CC(=O)N1CCN2C(=O)CN(C)C(=O)CC[C@@H](C(=O)NCCc3c[nH]c4ccccc34)N(C)C(=O)c3cc(F)ccc3OC[C@@H]2C1. The van der Waals surface area contributed by atoms with Crippen LogP contribution in [0.4, 0.5) is 4.39 Å². The number of ether oxygens (including phenoxy) is 1. The molecular formula is C33H39FN6O6. The standard InChI is InChI=1S/C33H39FN6O6/c1-21(41)39-14-15-40-24(18-39)20-46-29-10-8-23(34)16-26(29)33(45)38(3)28(9-11-30(42)37(2)19-31(40)43)32(44)35-13-12-22-17-36-27-7-5-4-6-25(22)27/h4-8,10,16-17,24,28,36H,9,11-15,18-20H2,1-3H3,(H,35,44)/t24-,28-/m0/s1. The van der Waals surface area contributed by atoms with Crippen LogP contribution in [0.2, 0.25) is 0 Å². The summed E-state index contributed by atoms with van der Waals surface area (Å²) in [5.41, 5.74) is 1.90. The van der Waals surface area contributed by atoms with Gasteiger partial charge in [-0.05, 0) is 42.7 Å². The highest BCUT2D eigenvalue weighted by Crippen LogP contribution is 2.25. The van der Waals surface area contributed by atoms with Crippen molar-refractivity contribution in [2.45, 2.75) is 38.3 Å². The zero-order valence-electron chi connectivity index (χ0n) is 26.3. The molecule has 5 amide bonds. The van der Waals surface area contributed by atoms with E-state index in [1.807, 2.05) is 30.5 Å². The molecule has 0 unspecified atom stereocenters. The summed E-state index contributed by atoms with van der Waals surface area (Å²) in [6.07, 6.45) is 2.28. The van der Waals surface area contributed by atoms with E-state index in [0.29, 0.717) is 13.0 Å². The molecule has 13 heteroatoms. The molecule has 0 radical (unpaired) electrons. The topological polar surface area (TPSA) is 135 Å². The van der Waals surface area contributed by atoms with Gasteiger partial charge in [0, 0.05) is 70.7 Å². The Morgan fingerprint density at radius 1 is 1.07 bits per heavy atom. The summed E-state index contributed by atoms with van der Waals surface area (Å²) >= 11 is 0. The lowest BCUT2D eigenvalue weighted by atomic mass is 10.1. The minimum absolute atomic E-state index is 0.0239. The zero-order chi connectivity index (χ0) is 33.0. The molecule has 1 aromatic heterocycles. The largest absolute Gasteiger partial charge is 0.491 e. The molecule has 0 saturated carbocycles. The lowest BCUT2D eigenvalue weighted by Gasteiger charge is -2.41. The van der Waals surface area contributed by atoms with E-state index in [-0.39, 0.29) is 74.7 Å². The van der Waals surface area contributed by atoms with Gasteiger partial charge in [0.2, 0.25) is 23.6 Å². The average Bonchev–Trinajstić information content (AvgIpc) is 3.45. The molecule has 2 aromatic carbocycles. The van der Waals surface area contributed by atoms with E-state index in [9.17, 15) is 28.4 Å². The van der Waals surface area contributed by atoms with Crippen molar-refractivity contribution in [3.8, 4) is 5.75 Å². The van der Waals surface area contributed by atoms with E-state index >= 15 is 0 Å². The number of halogens is 1. The van der Waals surface area contributed by atoms with Crippen LogP contribution in [-0.2, 0) is 25.6 Å². The van der Waals surface area contributed by atoms with E-state index in [1.54, 1.807) is 9.80 Å². The van der Waals surface area contributed by atoms with Crippen LogP contribution in [0, 0.1) is 5.82 Å². The van der Waals surface area contributed by atoms with Crippen molar-refractivity contribution in [2.75, 3.05) is 53.4 Å². The second-order valence-corrected chi connectivity index (χ2v) is 11.8. The number of amides is 5. The Morgan fingerprint density at radius 2 is 1.85 bits per heavy atom. The quantitative estimate of drug-likeness (QED) is 0.450. The fraction of sp³-hybridized carbons (Fsp3) is 0.424. The third-order valence-corrected chi connectivity index (χ3v) is 8.74. The third kappa shape index (κ3) is 7.13. The Hall–Kier alpha value is -4.94. The number of aromatic nitrogens is 1. The molecule has 2 atom stereocenters. The van der Waals surface area contributed by atoms with Crippen LogP contribution in [0.3, 0.4) is 0 Å². The number of likely N-dealkylation sites (N-methyl/N-ethyl adjacent to an activating group) is 2. The number of benzene rings is 2. The molecule has 2 aliphatic heterocycles. The van der Waals surface area contributed by atoms with Crippen LogP contribution in [0.5, 0.6) is 5.75 Å². The monoisotopic (exact) mass is 634 g/mol. The molecule has 2 aliphatic rings. The van der Waals surface area contributed by atoms with Gasteiger partial charge in [0.1, 0.15) is 24.2 Å². The third-order valence-electron chi connectivity index (χ3n) is 8.74. The Kier molecular flexibility index (Phi) is 9.88. The van der Waals surface area contributed by atoms with E-state index in [4.69, 9.17) is 4.74 Å². The van der Waals surface area contributed by atoms with Crippen molar-refractivity contribution in [3.05, 3.63) is 65.6 Å². The number of nitrogens with one attached hydrogen (secondary N) is 2. The number of nitrogens with zero attached hydrogens (tertiary/aromatic N) is 4. The molecule has 0 bridgehead atoms. The second-order valence-electron chi connectivity index (χ2n) is 11.8. The molecule has 1 fully saturated rings. The van der Waals surface area contributed by atoms with Crippen LogP contribution in [0.15, 0.2) is 48.7 Å². The number of rotatable bonds is 4. The maximum Gasteiger partial charge on any atom is 0.258 e. The van der Waals surface area contributed by atoms with Crippen LogP contribution < -0.4 is 10.1 Å². The number of H-pyrrole nitrogens is 1. The van der Waals surface area contributed by atoms with Gasteiger partial charge in [0.25, 0.3) is 5.91 Å². The fourth-order valence-electron chi connectivity index (χ4n) is 6.04. The Morgan fingerprint density at radius 3 is 2.63 bits per heavy atom. The molecule has 5 rings (SSSR count). The van der Waals surface area contributed by atoms with Crippen LogP contribution >= 0.6 is 0 Å². The van der Waals surface area contributed by atoms with Gasteiger partial charge in [-0.2, -0.15) is 0 Å². The molecule has 0 spiro atoms. The van der Waals surface area contributed by atoms with Gasteiger partial charge in [-0.1, -0.05) is 18.2 Å². The van der Waals surface area contributed by atoms with Gasteiger partial charge in [0.05, 0.1) is 18.2 Å². The van der Waals surface area contributed by atoms with Gasteiger partial charge in [-0.25, -0.2) is 4.39 Å². The normalized spacial score (nSPS) is 20.0. The summed E-state index contributed by atoms with van der Waals surface area (Å²) < 4.78 is 20.5. The number of hydrogen-bond acceptors (Lipinski definition) is 6. The minimum atomic E-state index is -1.07. The first-order valence-corrected chi connectivity index (χ1v) is 15.3. The maximum absolute atomic E-state index is 14.5. The van der Waals surface area contributed by atoms with Crippen LogP contribution in [0.1, 0.15) is 35.7 Å². The number of piperazine rings is 1. The van der Waals surface area contributed by atoms with Gasteiger partial charge >= 0.3 is 0 Å². The van der Waals surface area contributed by atoms with E-state index in [1.165, 1.54) is 36.9 Å². The summed E-state index contributed by atoms with van der Waals surface area (Å²) in [4.78, 5) is 75.0. The predicted octanol–water partition coefficient (Wildman–Crippen LogP) is 1.80. The summed E-state index contributed by atoms with van der Waals surface area (Å²) in [6, 6.07) is 9.73. The van der Waals surface area contributed by atoms with Crippen molar-refractivity contribution in [1.29, 1.82) is 0 Å². The molecule has 1 saturated heterocycles.